The largest absolute Gasteiger partial charge is 0.268 e. The molecule has 3 nitrogen and oxygen atoms in total. The van der Waals surface area contributed by atoms with Crippen LogP contribution in [-0.2, 0) is 0 Å². The van der Waals surface area contributed by atoms with Crippen molar-refractivity contribution in [3.63, 3.8) is 0 Å². The normalized spacial score (nSPS) is 12.4. The van der Waals surface area contributed by atoms with Crippen LogP contribution in [0.2, 0.25) is 0 Å². The summed E-state index contributed by atoms with van der Waals surface area (Å²) in [4.78, 5) is 17.8. The van der Waals surface area contributed by atoms with Crippen LogP contribution in [0.15, 0.2) is 77.6 Å². The van der Waals surface area contributed by atoms with Gasteiger partial charge in [-0.1, -0.05) is 54.6 Å². The van der Waals surface area contributed by atoms with E-state index in [0.29, 0.717) is 32.7 Å². The summed E-state index contributed by atoms with van der Waals surface area (Å²) in [5, 5.41) is 2.21. The van der Waals surface area contributed by atoms with Gasteiger partial charge in [-0.3, -0.25) is 9.20 Å². The highest BCUT2D eigenvalue weighted by Crippen LogP contribution is 2.21. The summed E-state index contributed by atoms with van der Waals surface area (Å²) in [7, 11) is 0. The first kappa shape index (κ1) is 14.8. The molecule has 2 heterocycles. The Hall–Kier alpha value is -3.53. The summed E-state index contributed by atoms with van der Waals surface area (Å²) in [5.41, 5.74) is 1.66. The van der Waals surface area contributed by atoms with Gasteiger partial charge in [0, 0.05) is 5.39 Å². The van der Waals surface area contributed by atoms with Crippen molar-refractivity contribution >= 4 is 33.4 Å². The van der Waals surface area contributed by atoms with Crippen molar-refractivity contribution in [1.29, 1.82) is 0 Å². The lowest BCUT2D eigenvalue weighted by Crippen LogP contribution is -2.24. The molecule has 0 fully saturated rings. The van der Waals surface area contributed by atoms with E-state index in [9.17, 15) is 9.18 Å². The van der Waals surface area contributed by atoms with Crippen molar-refractivity contribution in [2.75, 3.05) is 0 Å². The Bertz CT molecular complexity index is 1410. The topological polar surface area (TPSA) is 34.4 Å². The number of halogens is 1. The van der Waals surface area contributed by atoms with Crippen LogP contribution in [0.5, 0.6) is 0 Å². The standard InChI is InChI=1S/C22H13FN2O/c23-17-11-6-10-16-19(13-14-7-2-1-3-8-14)25-21(20(16)17)24-18-12-5-4-9-15(18)22(25)26/h1-13H/b19-13+. The molecular weight excluding hydrogens is 327 g/mol. The Morgan fingerprint density at radius 3 is 2.42 bits per heavy atom. The van der Waals surface area contributed by atoms with Gasteiger partial charge in [-0.25, -0.2) is 9.37 Å². The predicted molar refractivity (Wildman–Crippen MR) is 102 cm³/mol. The minimum absolute atomic E-state index is 0.191. The van der Waals surface area contributed by atoms with Gasteiger partial charge in [0.25, 0.3) is 5.56 Å². The Kier molecular flexibility index (Phi) is 3.12. The number of benzene rings is 3. The van der Waals surface area contributed by atoms with E-state index in [4.69, 9.17) is 0 Å². The van der Waals surface area contributed by atoms with Gasteiger partial charge in [-0.15, -0.1) is 0 Å². The number of rotatable bonds is 1. The fourth-order valence-electron chi connectivity index (χ4n) is 3.46. The molecule has 0 atom stereocenters. The van der Waals surface area contributed by atoms with Gasteiger partial charge in [0.2, 0.25) is 0 Å². The van der Waals surface area contributed by atoms with Gasteiger partial charge in [0.05, 0.1) is 21.6 Å². The molecule has 0 N–H and O–H groups in total. The van der Waals surface area contributed by atoms with E-state index >= 15 is 0 Å². The van der Waals surface area contributed by atoms with Gasteiger partial charge in [-0.2, -0.15) is 0 Å². The summed E-state index contributed by atoms with van der Waals surface area (Å²) < 4.78 is 16.1. The molecule has 0 radical (unpaired) electrons. The van der Waals surface area contributed by atoms with Crippen molar-refractivity contribution in [2.24, 2.45) is 0 Å². The Balaban J connectivity index is 2.10. The van der Waals surface area contributed by atoms with E-state index in [1.165, 1.54) is 10.5 Å². The first-order valence-corrected chi connectivity index (χ1v) is 8.32. The molecule has 0 aliphatic carbocycles. The molecule has 0 saturated carbocycles. The van der Waals surface area contributed by atoms with E-state index in [1.54, 1.807) is 18.2 Å². The molecule has 0 aliphatic heterocycles. The SMILES string of the molecule is O=c1c2ccccc2nc2c3c(F)cccc3/c(=C\c3ccccc3)n12. The summed E-state index contributed by atoms with van der Waals surface area (Å²) >= 11 is 0. The fourth-order valence-corrected chi connectivity index (χ4v) is 3.46. The molecule has 5 aromatic rings. The summed E-state index contributed by atoms with van der Waals surface area (Å²) in [6.07, 6.45) is 1.90. The van der Waals surface area contributed by atoms with Gasteiger partial charge in [-0.05, 0) is 29.8 Å². The monoisotopic (exact) mass is 340 g/mol. The zero-order valence-corrected chi connectivity index (χ0v) is 13.7. The van der Waals surface area contributed by atoms with Crippen LogP contribution in [0.1, 0.15) is 5.56 Å². The second-order valence-corrected chi connectivity index (χ2v) is 6.20. The molecule has 2 aromatic heterocycles. The molecule has 4 heteroatoms. The van der Waals surface area contributed by atoms with Gasteiger partial charge in [0.15, 0.2) is 5.65 Å². The first-order chi connectivity index (χ1) is 12.7. The highest BCUT2D eigenvalue weighted by Gasteiger charge is 2.16. The van der Waals surface area contributed by atoms with E-state index < -0.39 is 0 Å². The van der Waals surface area contributed by atoms with E-state index in [2.05, 4.69) is 4.98 Å². The molecule has 26 heavy (non-hydrogen) atoms. The maximum Gasteiger partial charge on any atom is 0.266 e. The smallest absolute Gasteiger partial charge is 0.266 e. The lowest BCUT2D eigenvalue weighted by Gasteiger charge is -2.00. The predicted octanol–water partition coefficient (Wildman–Crippen LogP) is 3.69. The molecule has 0 bridgehead atoms. The summed E-state index contributed by atoms with van der Waals surface area (Å²) in [6, 6.07) is 21.7. The maximum atomic E-state index is 14.6. The Morgan fingerprint density at radius 1 is 0.846 bits per heavy atom. The molecule has 0 saturated heterocycles. The van der Waals surface area contributed by atoms with Crippen LogP contribution >= 0.6 is 0 Å². The Morgan fingerprint density at radius 2 is 1.58 bits per heavy atom. The van der Waals surface area contributed by atoms with Crippen molar-refractivity contribution < 1.29 is 4.39 Å². The lowest BCUT2D eigenvalue weighted by atomic mass is 10.1. The zero-order chi connectivity index (χ0) is 17.7. The number of fused-ring (bicyclic) bond motifs is 4. The molecule has 124 valence electrons. The molecular formula is C22H13FN2O. The van der Waals surface area contributed by atoms with Crippen molar-refractivity contribution in [3.05, 3.63) is 99.9 Å². The summed E-state index contributed by atoms with van der Waals surface area (Å²) in [6.45, 7) is 0. The molecule has 0 unspecified atom stereocenters. The van der Waals surface area contributed by atoms with Crippen LogP contribution in [0.25, 0.3) is 33.4 Å². The number of aromatic nitrogens is 2. The molecule has 0 spiro atoms. The van der Waals surface area contributed by atoms with E-state index in [-0.39, 0.29) is 11.4 Å². The third-order valence-electron chi connectivity index (χ3n) is 4.63. The third kappa shape index (κ3) is 2.05. The van der Waals surface area contributed by atoms with Gasteiger partial charge < -0.3 is 0 Å². The molecule has 5 rings (SSSR count). The minimum atomic E-state index is -0.380. The molecule has 0 aliphatic rings. The second kappa shape index (κ2) is 5.49. The second-order valence-electron chi connectivity index (χ2n) is 6.20. The lowest BCUT2D eigenvalue weighted by molar-refractivity contribution is 0.640. The van der Waals surface area contributed by atoms with Crippen molar-refractivity contribution in [1.82, 2.24) is 9.38 Å². The number of nitrogens with zero attached hydrogens (tertiary/aromatic N) is 2. The Labute approximate surface area is 147 Å². The minimum Gasteiger partial charge on any atom is -0.268 e. The first-order valence-electron chi connectivity index (χ1n) is 8.32. The number of hydrogen-bond acceptors (Lipinski definition) is 2. The quantitative estimate of drug-likeness (QED) is 0.466. The summed E-state index contributed by atoms with van der Waals surface area (Å²) in [5.74, 6) is -0.380. The van der Waals surface area contributed by atoms with Crippen LogP contribution < -0.4 is 10.9 Å². The number of para-hydroxylation sites is 1. The fraction of sp³-hybridized carbons (Fsp3) is 0. The van der Waals surface area contributed by atoms with Gasteiger partial charge >= 0.3 is 0 Å². The highest BCUT2D eigenvalue weighted by atomic mass is 19.1. The average Bonchev–Trinajstić information content (AvgIpc) is 2.98. The van der Waals surface area contributed by atoms with Crippen LogP contribution in [0.3, 0.4) is 0 Å². The third-order valence-corrected chi connectivity index (χ3v) is 4.63. The van der Waals surface area contributed by atoms with E-state index in [0.717, 1.165) is 5.56 Å². The van der Waals surface area contributed by atoms with Crippen LogP contribution in [0.4, 0.5) is 4.39 Å². The van der Waals surface area contributed by atoms with Crippen molar-refractivity contribution in [2.45, 2.75) is 0 Å². The average molecular weight is 340 g/mol. The maximum absolute atomic E-state index is 14.6. The zero-order valence-electron chi connectivity index (χ0n) is 13.7. The van der Waals surface area contributed by atoms with Crippen molar-refractivity contribution in [3.8, 4) is 0 Å². The van der Waals surface area contributed by atoms with Gasteiger partial charge in [0.1, 0.15) is 5.82 Å². The van der Waals surface area contributed by atoms with Crippen LogP contribution in [0, 0.1) is 5.82 Å². The molecule has 0 amide bonds. The number of hydrogen-bond donors (Lipinski definition) is 0. The molecule has 3 aromatic carbocycles. The van der Waals surface area contributed by atoms with E-state index in [1.807, 2.05) is 54.6 Å². The van der Waals surface area contributed by atoms with Crippen LogP contribution in [-0.4, -0.2) is 9.38 Å². The highest BCUT2D eigenvalue weighted by molar-refractivity contribution is 5.99.